The van der Waals surface area contributed by atoms with Gasteiger partial charge in [0.1, 0.15) is 31.0 Å². The van der Waals surface area contributed by atoms with E-state index >= 15 is 0 Å². The van der Waals surface area contributed by atoms with Gasteiger partial charge in [0.15, 0.2) is 11.5 Å². The van der Waals surface area contributed by atoms with E-state index in [1.807, 2.05) is 30.3 Å². The first kappa shape index (κ1) is 38.6. The fourth-order valence-electron chi connectivity index (χ4n) is 4.13. The lowest BCUT2D eigenvalue weighted by molar-refractivity contribution is -0.157. The Hall–Kier alpha value is -4.56. The average molecular weight is 661 g/mol. The number of rotatable bonds is 14. The van der Waals surface area contributed by atoms with E-state index in [1.54, 1.807) is 41.5 Å². The molecule has 14 heteroatoms. The number of nitrogens with zero attached hydrogens (tertiary/aromatic N) is 2. The zero-order chi connectivity index (χ0) is 35.2. The van der Waals surface area contributed by atoms with E-state index in [9.17, 15) is 19.2 Å². The van der Waals surface area contributed by atoms with Crippen molar-refractivity contribution >= 4 is 23.9 Å². The number of carboxylic acids is 1. The van der Waals surface area contributed by atoms with Gasteiger partial charge >= 0.3 is 23.9 Å². The molecule has 2 heterocycles. The standard InChI is InChI=1S/C20H25NO6.C13H19NO6/c1-20(2,3)26-19(24)10-15(17-11-16(12-22)27-21-17)9-18(23)25-13-14-7-5-4-6-8-14;1-13(2,3)19-12(18)5-8(4-11(16)17)10-6-9(7-15)20-14-10/h4-8,11,15,22H,9-10,12-13H2,1-3H3;6,8,15H,4-5,7H2,1-3H3,(H,16,17)/t15-;8-/m11/s1. The Bertz CT molecular complexity index is 1430. The molecule has 0 saturated carbocycles. The number of hydrogen-bond donors (Lipinski definition) is 3. The van der Waals surface area contributed by atoms with Gasteiger partial charge in [0.25, 0.3) is 0 Å². The van der Waals surface area contributed by atoms with E-state index in [1.165, 1.54) is 12.1 Å². The van der Waals surface area contributed by atoms with Crippen LogP contribution in [0.2, 0.25) is 0 Å². The van der Waals surface area contributed by atoms with Crippen LogP contribution in [0.25, 0.3) is 0 Å². The average Bonchev–Trinajstić information content (AvgIpc) is 3.64. The Morgan fingerprint density at radius 1 is 0.702 bits per heavy atom. The molecule has 0 aliphatic rings. The van der Waals surface area contributed by atoms with Crippen LogP contribution < -0.4 is 0 Å². The van der Waals surface area contributed by atoms with Crippen LogP contribution in [-0.2, 0) is 53.2 Å². The van der Waals surface area contributed by atoms with E-state index in [2.05, 4.69) is 10.3 Å². The van der Waals surface area contributed by atoms with Crippen molar-refractivity contribution in [3.05, 3.63) is 70.9 Å². The number of aromatic nitrogens is 2. The SMILES string of the molecule is CC(C)(C)OC(=O)C[C@@H](CC(=O)O)c1cc(CO)on1.CC(C)(C)OC(=O)C[C@@H](CC(=O)OCc1ccccc1)c1cc(CO)on1. The highest BCUT2D eigenvalue weighted by Gasteiger charge is 2.28. The highest BCUT2D eigenvalue weighted by atomic mass is 16.6. The predicted octanol–water partition coefficient (Wildman–Crippen LogP) is 4.57. The van der Waals surface area contributed by atoms with E-state index in [0.29, 0.717) is 11.4 Å². The van der Waals surface area contributed by atoms with Crippen molar-refractivity contribution in [3.8, 4) is 0 Å². The first-order valence-corrected chi connectivity index (χ1v) is 15.0. The number of aliphatic hydroxyl groups is 2. The maximum Gasteiger partial charge on any atom is 0.307 e. The summed E-state index contributed by atoms with van der Waals surface area (Å²) in [7, 11) is 0. The van der Waals surface area contributed by atoms with Gasteiger partial charge in [-0.3, -0.25) is 19.2 Å². The number of aliphatic hydroxyl groups excluding tert-OH is 2. The van der Waals surface area contributed by atoms with Crippen molar-refractivity contribution in [2.75, 3.05) is 0 Å². The highest BCUT2D eigenvalue weighted by molar-refractivity contribution is 5.75. The smallest absolute Gasteiger partial charge is 0.307 e. The molecule has 2 atom stereocenters. The van der Waals surface area contributed by atoms with Gasteiger partial charge in [-0.2, -0.15) is 0 Å². The fourth-order valence-corrected chi connectivity index (χ4v) is 4.13. The third kappa shape index (κ3) is 15.5. The van der Waals surface area contributed by atoms with Gasteiger partial charge in [0, 0.05) is 24.0 Å². The van der Waals surface area contributed by atoms with E-state index in [0.717, 1.165) is 5.56 Å². The molecule has 1 aromatic carbocycles. The van der Waals surface area contributed by atoms with Crippen molar-refractivity contribution in [2.24, 2.45) is 0 Å². The van der Waals surface area contributed by atoms with Crippen LogP contribution in [0.5, 0.6) is 0 Å². The number of carboxylic acid groups (broad SMARTS) is 1. The maximum atomic E-state index is 12.3. The van der Waals surface area contributed by atoms with E-state index in [4.69, 9.17) is 38.6 Å². The molecule has 0 bridgehead atoms. The molecule has 3 N–H and O–H groups in total. The number of hydrogen-bond acceptors (Lipinski definition) is 13. The topological polar surface area (TPSA) is 209 Å². The van der Waals surface area contributed by atoms with Gasteiger partial charge in [-0.05, 0) is 47.1 Å². The molecular formula is C33H44N2O12. The molecule has 3 rings (SSSR count). The first-order valence-electron chi connectivity index (χ1n) is 15.0. The molecule has 0 amide bonds. The van der Waals surface area contributed by atoms with Crippen molar-refractivity contribution in [3.63, 3.8) is 0 Å². The van der Waals surface area contributed by atoms with E-state index in [-0.39, 0.29) is 57.0 Å². The Kier molecular flexibility index (Phi) is 14.8. The van der Waals surface area contributed by atoms with Gasteiger partial charge in [-0.25, -0.2) is 0 Å². The maximum absolute atomic E-state index is 12.3. The van der Waals surface area contributed by atoms with Crippen molar-refractivity contribution in [2.45, 2.75) is 110 Å². The minimum absolute atomic E-state index is 0.0465. The van der Waals surface area contributed by atoms with Gasteiger partial charge in [0.05, 0.1) is 37.1 Å². The minimum atomic E-state index is -1.05. The number of carbonyl (C=O) groups excluding carboxylic acids is 3. The Morgan fingerprint density at radius 3 is 1.51 bits per heavy atom. The summed E-state index contributed by atoms with van der Waals surface area (Å²) in [5.74, 6) is -3.18. The molecular weight excluding hydrogens is 616 g/mol. The van der Waals surface area contributed by atoms with Crippen LogP contribution in [0.4, 0.5) is 0 Å². The van der Waals surface area contributed by atoms with E-state index < -0.39 is 46.9 Å². The molecule has 0 aliphatic carbocycles. The summed E-state index contributed by atoms with van der Waals surface area (Å²) in [6, 6.07) is 12.3. The molecule has 0 aliphatic heterocycles. The molecule has 0 saturated heterocycles. The second-order valence-corrected chi connectivity index (χ2v) is 12.7. The lowest BCUT2D eigenvalue weighted by atomic mass is 9.97. The normalized spacial score (nSPS) is 12.7. The van der Waals surface area contributed by atoms with Gasteiger partial charge in [0.2, 0.25) is 0 Å². The zero-order valence-corrected chi connectivity index (χ0v) is 27.6. The van der Waals surface area contributed by atoms with Crippen molar-refractivity contribution in [1.29, 1.82) is 0 Å². The molecule has 0 spiro atoms. The minimum Gasteiger partial charge on any atom is -0.481 e. The molecule has 2 aromatic heterocycles. The van der Waals surface area contributed by atoms with Gasteiger partial charge in [-0.15, -0.1) is 0 Å². The fraction of sp³-hybridized carbons (Fsp3) is 0.515. The van der Waals surface area contributed by atoms with Crippen LogP contribution >= 0.6 is 0 Å². The largest absolute Gasteiger partial charge is 0.481 e. The molecule has 47 heavy (non-hydrogen) atoms. The molecule has 0 unspecified atom stereocenters. The van der Waals surface area contributed by atoms with Crippen molar-refractivity contribution in [1.82, 2.24) is 10.3 Å². The number of benzene rings is 1. The van der Waals surface area contributed by atoms with Gasteiger partial charge < -0.3 is 38.6 Å². The second kappa shape index (κ2) is 18.0. The summed E-state index contributed by atoms with van der Waals surface area (Å²) >= 11 is 0. The third-order valence-electron chi connectivity index (χ3n) is 6.05. The summed E-state index contributed by atoms with van der Waals surface area (Å²) in [6.45, 7) is 10.0. The lowest BCUT2D eigenvalue weighted by Crippen LogP contribution is -2.25. The molecule has 0 fully saturated rings. The van der Waals surface area contributed by atoms with Crippen LogP contribution in [0, 0.1) is 0 Å². The third-order valence-corrected chi connectivity index (χ3v) is 6.05. The molecule has 3 aromatic rings. The van der Waals surface area contributed by atoms with Gasteiger partial charge in [-0.1, -0.05) is 40.6 Å². The highest BCUT2D eigenvalue weighted by Crippen LogP contribution is 2.27. The molecule has 258 valence electrons. The summed E-state index contributed by atoms with van der Waals surface area (Å²) in [5, 5.41) is 34.5. The Balaban J connectivity index is 0.000000343. The first-order chi connectivity index (χ1) is 22.0. The summed E-state index contributed by atoms with van der Waals surface area (Å²) < 4.78 is 25.6. The lowest BCUT2D eigenvalue weighted by Gasteiger charge is -2.21. The molecule has 14 nitrogen and oxygen atoms in total. The quantitative estimate of drug-likeness (QED) is 0.160. The summed E-state index contributed by atoms with van der Waals surface area (Å²) in [4.78, 5) is 47.1. The van der Waals surface area contributed by atoms with Crippen LogP contribution in [0.3, 0.4) is 0 Å². The summed E-state index contributed by atoms with van der Waals surface area (Å²) in [5.41, 5.74) is 0.336. The number of ether oxygens (including phenoxy) is 3. The number of aliphatic carboxylic acids is 1. The number of carbonyl (C=O) groups is 4. The Morgan fingerprint density at radius 2 is 1.13 bits per heavy atom. The van der Waals surface area contributed by atoms with Crippen LogP contribution in [0.15, 0.2) is 51.5 Å². The monoisotopic (exact) mass is 660 g/mol. The molecule has 0 radical (unpaired) electrons. The predicted molar refractivity (Wildman–Crippen MR) is 164 cm³/mol. The summed E-state index contributed by atoms with van der Waals surface area (Å²) in [6.07, 6.45) is -0.476. The zero-order valence-electron chi connectivity index (χ0n) is 27.6. The Labute approximate surface area is 273 Å². The van der Waals surface area contributed by atoms with Crippen LogP contribution in [-0.4, -0.2) is 60.7 Å². The number of esters is 3. The second-order valence-electron chi connectivity index (χ2n) is 12.7. The van der Waals surface area contributed by atoms with Crippen molar-refractivity contribution < 1.29 is 57.8 Å². The van der Waals surface area contributed by atoms with Crippen LogP contribution in [0.1, 0.15) is 108 Å².